The fraction of sp³-hybridized carbons (Fsp3) is 0.353. The van der Waals surface area contributed by atoms with Crippen molar-refractivity contribution in [2.75, 3.05) is 43.0 Å². The highest BCUT2D eigenvalue weighted by molar-refractivity contribution is 6.29. The molecule has 6 nitrogen and oxygen atoms in total. The van der Waals surface area contributed by atoms with Crippen LogP contribution in [0.4, 0.5) is 24.7 Å². The van der Waals surface area contributed by atoms with Crippen LogP contribution in [0.25, 0.3) is 0 Å². The van der Waals surface area contributed by atoms with Gasteiger partial charge in [-0.2, -0.15) is 27.9 Å². The first kappa shape index (κ1) is 19.2. The van der Waals surface area contributed by atoms with Gasteiger partial charge in [0.25, 0.3) is 0 Å². The van der Waals surface area contributed by atoms with E-state index in [4.69, 9.17) is 11.6 Å². The number of halogens is 4. The third-order valence-corrected chi connectivity index (χ3v) is 4.54. The van der Waals surface area contributed by atoms with E-state index < -0.39 is 11.7 Å². The quantitative estimate of drug-likeness (QED) is 0.590. The monoisotopic (exact) mass is 398 g/mol. The lowest BCUT2D eigenvalue weighted by molar-refractivity contribution is -0.137. The van der Waals surface area contributed by atoms with E-state index in [9.17, 15) is 13.2 Å². The van der Waals surface area contributed by atoms with Crippen LogP contribution < -0.4 is 15.4 Å². The van der Waals surface area contributed by atoms with Crippen molar-refractivity contribution in [3.05, 3.63) is 46.7 Å². The van der Waals surface area contributed by atoms with Gasteiger partial charge in [-0.15, -0.1) is 0 Å². The summed E-state index contributed by atoms with van der Waals surface area (Å²) in [6, 6.07) is 7.04. The van der Waals surface area contributed by atoms with Gasteiger partial charge in [-0.1, -0.05) is 17.7 Å². The van der Waals surface area contributed by atoms with Crippen molar-refractivity contribution in [3.8, 4) is 0 Å². The number of hydrogen-bond acceptors (Lipinski definition) is 5. The SMILES string of the molecule is C=Nn1c(N2CCN(c3cccc(C(F)(F)F)c3)CC2)cc(Cl)n/c1=N/C. The molecule has 2 heterocycles. The Morgan fingerprint density at radius 2 is 1.78 bits per heavy atom. The molecule has 0 spiro atoms. The summed E-state index contributed by atoms with van der Waals surface area (Å²) >= 11 is 6.07. The first-order chi connectivity index (χ1) is 12.8. The maximum absolute atomic E-state index is 12.9. The molecular formula is C17H18ClF3N6. The van der Waals surface area contributed by atoms with Crippen LogP contribution in [0.2, 0.25) is 5.15 Å². The molecule has 10 heteroatoms. The van der Waals surface area contributed by atoms with Crippen LogP contribution in [0.3, 0.4) is 0 Å². The van der Waals surface area contributed by atoms with Crippen LogP contribution >= 0.6 is 11.6 Å². The summed E-state index contributed by atoms with van der Waals surface area (Å²) in [4.78, 5) is 12.1. The van der Waals surface area contributed by atoms with Gasteiger partial charge in [0.05, 0.1) is 5.56 Å². The van der Waals surface area contributed by atoms with Crippen molar-refractivity contribution < 1.29 is 13.2 Å². The van der Waals surface area contributed by atoms with Crippen molar-refractivity contribution >= 4 is 29.8 Å². The van der Waals surface area contributed by atoms with Crippen LogP contribution in [0.5, 0.6) is 0 Å². The largest absolute Gasteiger partial charge is 0.416 e. The van der Waals surface area contributed by atoms with Crippen LogP contribution in [0.15, 0.2) is 40.4 Å². The van der Waals surface area contributed by atoms with Crippen LogP contribution in [0.1, 0.15) is 5.56 Å². The van der Waals surface area contributed by atoms with Gasteiger partial charge in [-0.3, -0.25) is 4.99 Å². The first-order valence-corrected chi connectivity index (χ1v) is 8.58. The molecule has 1 aromatic heterocycles. The minimum absolute atomic E-state index is 0.283. The van der Waals surface area contributed by atoms with Gasteiger partial charge in [-0.05, 0) is 18.2 Å². The molecule has 144 valence electrons. The summed E-state index contributed by atoms with van der Waals surface area (Å²) in [5.41, 5.74) is 0.232. The number of rotatable bonds is 3. The van der Waals surface area contributed by atoms with Crippen molar-refractivity contribution in [2.45, 2.75) is 6.18 Å². The van der Waals surface area contributed by atoms with E-state index in [0.717, 1.165) is 6.07 Å². The molecule has 0 amide bonds. The zero-order valence-corrected chi connectivity index (χ0v) is 15.4. The number of aromatic nitrogens is 2. The zero-order chi connectivity index (χ0) is 19.6. The molecule has 1 aliphatic rings. The third-order valence-electron chi connectivity index (χ3n) is 4.35. The lowest BCUT2D eigenvalue weighted by atomic mass is 10.1. The third kappa shape index (κ3) is 4.08. The second-order valence-corrected chi connectivity index (χ2v) is 6.32. The number of hydrogen-bond donors (Lipinski definition) is 0. The normalized spacial score (nSPS) is 16.0. The molecular weight excluding hydrogens is 381 g/mol. The van der Waals surface area contributed by atoms with Crippen molar-refractivity contribution in [2.24, 2.45) is 10.1 Å². The number of alkyl halides is 3. The second-order valence-electron chi connectivity index (χ2n) is 5.94. The van der Waals surface area contributed by atoms with E-state index in [1.807, 2.05) is 9.80 Å². The average Bonchev–Trinajstić information content (AvgIpc) is 2.67. The highest BCUT2D eigenvalue weighted by atomic mass is 35.5. The Bertz CT molecular complexity index is 900. The van der Waals surface area contributed by atoms with Crippen LogP contribution in [0, 0.1) is 0 Å². The fourth-order valence-electron chi connectivity index (χ4n) is 3.02. The number of anilines is 2. The Hall–Kier alpha value is -2.55. The number of benzene rings is 1. The summed E-state index contributed by atoms with van der Waals surface area (Å²) in [6.07, 6.45) is -4.35. The van der Waals surface area contributed by atoms with Crippen molar-refractivity contribution in [3.63, 3.8) is 0 Å². The highest BCUT2D eigenvalue weighted by Gasteiger charge is 2.31. The summed E-state index contributed by atoms with van der Waals surface area (Å²) in [7, 11) is 1.58. The van der Waals surface area contributed by atoms with Gasteiger partial charge in [0.2, 0.25) is 5.62 Å². The molecule has 0 aliphatic carbocycles. The molecule has 1 aliphatic heterocycles. The molecule has 2 aromatic rings. The zero-order valence-electron chi connectivity index (χ0n) is 14.6. The molecule has 1 saturated heterocycles. The van der Waals surface area contributed by atoms with Crippen molar-refractivity contribution in [1.29, 1.82) is 0 Å². The van der Waals surface area contributed by atoms with E-state index in [2.05, 4.69) is 21.8 Å². The summed E-state index contributed by atoms with van der Waals surface area (Å²) < 4.78 is 40.3. The molecule has 0 unspecified atom stereocenters. The average molecular weight is 399 g/mol. The van der Waals surface area contributed by atoms with Gasteiger partial charge >= 0.3 is 6.18 Å². The first-order valence-electron chi connectivity index (χ1n) is 8.20. The van der Waals surface area contributed by atoms with Gasteiger partial charge < -0.3 is 9.80 Å². The lowest BCUT2D eigenvalue weighted by Gasteiger charge is -2.37. The summed E-state index contributed by atoms with van der Waals surface area (Å²) in [5, 5.41) is 4.23. The minimum Gasteiger partial charge on any atom is -0.368 e. The van der Waals surface area contributed by atoms with Gasteiger partial charge in [0.1, 0.15) is 11.0 Å². The molecule has 27 heavy (non-hydrogen) atoms. The van der Waals surface area contributed by atoms with E-state index in [1.54, 1.807) is 19.2 Å². The summed E-state index contributed by atoms with van der Waals surface area (Å²) in [6.45, 7) is 5.81. The fourth-order valence-corrected chi connectivity index (χ4v) is 3.20. The van der Waals surface area contributed by atoms with E-state index in [1.165, 1.54) is 16.8 Å². The standard InChI is InChI=1S/C17H18ClF3N6/c1-22-16-24-14(18)11-15(27(16)23-2)26-8-6-25(7-9-26)13-5-3-4-12(10-13)17(19,20)21/h3-5,10-11H,2,6-9H2,1H3/b22-16-. The Kier molecular flexibility index (Phi) is 5.41. The number of nitrogens with zero attached hydrogens (tertiary/aromatic N) is 6. The molecule has 1 aromatic carbocycles. The van der Waals surface area contributed by atoms with Crippen molar-refractivity contribution in [1.82, 2.24) is 9.66 Å². The lowest BCUT2D eigenvalue weighted by Crippen LogP contribution is -2.48. The molecule has 0 bridgehead atoms. The second kappa shape index (κ2) is 7.59. The molecule has 0 atom stereocenters. The molecule has 0 radical (unpaired) electrons. The minimum atomic E-state index is -4.35. The maximum Gasteiger partial charge on any atom is 0.416 e. The van der Waals surface area contributed by atoms with E-state index in [0.29, 0.717) is 43.3 Å². The maximum atomic E-state index is 12.9. The van der Waals surface area contributed by atoms with Gasteiger partial charge in [0.15, 0.2) is 0 Å². The Morgan fingerprint density at radius 1 is 1.11 bits per heavy atom. The molecule has 1 fully saturated rings. The Labute approximate surface area is 159 Å². The van der Waals surface area contributed by atoms with Gasteiger partial charge in [-0.25, -0.2) is 0 Å². The summed E-state index contributed by atoms with van der Waals surface area (Å²) in [5.74, 6) is 0.689. The number of piperazine rings is 1. The van der Waals surface area contributed by atoms with Crippen LogP contribution in [-0.2, 0) is 6.18 Å². The molecule has 0 saturated carbocycles. The van der Waals surface area contributed by atoms with Crippen LogP contribution in [-0.4, -0.2) is 49.6 Å². The van der Waals surface area contributed by atoms with Gasteiger partial charge in [0, 0.05) is 51.7 Å². The highest BCUT2D eigenvalue weighted by Crippen LogP contribution is 2.32. The molecule has 3 rings (SSSR count). The Morgan fingerprint density at radius 3 is 2.37 bits per heavy atom. The molecule has 0 N–H and O–H groups in total. The predicted molar refractivity (Wildman–Crippen MR) is 99.5 cm³/mol. The van der Waals surface area contributed by atoms with E-state index >= 15 is 0 Å². The van der Waals surface area contributed by atoms with E-state index in [-0.39, 0.29) is 5.15 Å². The predicted octanol–water partition coefficient (Wildman–Crippen LogP) is 2.88. The topological polar surface area (TPSA) is 49.0 Å². The smallest absolute Gasteiger partial charge is 0.368 e. The Balaban J connectivity index is 1.81.